The van der Waals surface area contributed by atoms with Crippen LogP contribution in [0.3, 0.4) is 0 Å². The Balaban J connectivity index is 1.62. The van der Waals surface area contributed by atoms with Crippen LogP contribution >= 0.6 is 11.8 Å². The zero-order valence-electron chi connectivity index (χ0n) is 11.8. The molecule has 2 fully saturated rings. The first-order valence-corrected chi connectivity index (χ1v) is 8.27. The number of aliphatic imine (C=N–C) groups is 1. The van der Waals surface area contributed by atoms with E-state index in [0.717, 1.165) is 17.6 Å². The van der Waals surface area contributed by atoms with Crippen LogP contribution in [0, 0.1) is 5.92 Å². The number of amidine groups is 1. The summed E-state index contributed by atoms with van der Waals surface area (Å²) in [6, 6.07) is -0.487. The van der Waals surface area contributed by atoms with Crippen LogP contribution in [0.2, 0.25) is 0 Å². The monoisotopic (exact) mass is 314 g/mol. The molecule has 21 heavy (non-hydrogen) atoms. The molecule has 2 heterocycles. The van der Waals surface area contributed by atoms with Crippen molar-refractivity contribution >= 4 is 16.9 Å². The van der Waals surface area contributed by atoms with Gasteiger partial charge in [-0.05, 0) is 25.2 Å². The molecule has 0 radical (unpaired) electrons. The number of aliphatic hydroxyl groups excluding tert-OH is 3. The molecule has 118 valence electrons. The topological polar surface area (TPSA) is 94.3 Å². The third kappa shape index (κ3) is 3.27. The van der Waals surface area contributed by atoms with Gasteiger partial charge in [0.15, 0.2) is 5.17 Å². The number of hydrogen-bond donors (Lipinski definition) is 4. The molecular weight excluding hydrogens is 292 g/mol. The van der Waals surface area contributed by atoms with E-state index in [9.17, 15) is 15.3 Å². The Hall–Kier alpha value is -0.600. The summed E-state index contributed by atoms with van der Waals surface area (Å²) >= 11 is 1.42. The predicted octanol–water partition coefficient (Wildman–Crippen LogP) is -0.159. The molecule has 3 aliphatic rings. The lowest BCUT2D eigenvalue weighted by molar-refractivity contribution is -0.184. The van der Waals surface area contributed by atoms with Gasteiger partial charge >= 0.3 is 0 Å². The van der Waals surface area contributed by atoms with Gasteiger partial charge < -0.3 is 25.4 Å². The first-order valence-electron chi connectivity index (χ1n) is 7.39. The maximum Gasteiger partial charge on any atom is 0.159 e. The van der Waals surface area contributed by atoms with E-state index in [2.05, 4.69) is 16.9 Å². The molecule has 3 rings (SSSR count). The average Bonchev–Trinajstić information content (AvgIpc) is 3.20. The van der Waals surface area contributed by atoms with Crippen molar-refractivity contribution in [1.29, 1.82) is 0 Å². The van der Waals surface area contributed by atoms with Crippen LogP contribution in [0.15, 0.2) is 17.6 Å². The molecule has 0 aromatic rings. The molecule has 1 aliphatic carbocycles. The lowest BCUT2D eigenvalue weighted by Crippen LogP contribution is -2.58. The van der Waals surface area contributed by atoms with E-state index in [1.807, 2.05) is 0 Å². The summed E-state index contributed by atoms with van der Waals surface area (Å²) in [5, 5.41) is 34.4. The molecule has 0 amide bonds. The van der Waals surface area contributed by atoms with Crippen LogP contribution in [0.5, 0.6) is 0 Å². The maximum atomic E-state index is 10.2. The summed E-state index contributed by atoms with van der Waals surface area (Å²) in [5.41, 5.74) is -0.366. The fraction of sp³-hybridized carbons (Fsp3) is 0.786. The fourth-order valence-electron chi connectivity index (χ4n) is 2.65. The Bertz CT molecular complexity index is 429. The number of aliphatic hydroxyl groups is 3. The summed E-state index contributed by atoms with van der Waals surface area (Å²) in [6.07, 6.45) is 0.525. The van der Waals surface area contributed by atoms with E-state index < -0.39 is 30.5 Å². The van der Waals surface area contributed by atoms with Gasteiger partial charge in [-0.2, -0.15) is 0 Å². The van der Waals surface area contributed by atoms with Crippen molar-refractivity contribution in [1.82, 2.24) is 5.32 Å². The molecule has 6 nitrogen and oxygen atoms in total. The molecule has 1 saturated carbocycles. The quantitative estimate of drug-likeness (QED) is 0.527. The number of ether oxygens (including phenoxy) is 1. The van der Waals surface area contributed by atoms with Crippen molar-refractivity contribution in [2.75, 3.05) is 6.54 Å². The minimum absolute atomic E-state index is 0.310. The smallest absolute Gasteiger partial charge is 0.159 e. The van der Waals surface area contributed by atoms with Crippen molar-refractivity contribution in [3.8, 4) is 0 Å². The number of fused-ring (bicyclic) bond motifs is 1. The van der Waals surface area contributed by atoms with Gasteiger partial charge in [0, 0.05) is 6.54 Å². The van der Waals surface area contributed by atoms with Crippen molar-refractivity contribution in [2.45, 2.75) is 55.2 Å². The van der Waals surface area contributed by atoms with Crippen LogP contribution in [0.1, 0.15) is 19.3 Å². The third-order valence-corrected chi connectivity index (χ3v) is 5.22. The van der Waals surface area contributed by atoms with Crippen LogP contribution in [0.4, 0.5) is 0 Å². The second kappa shape index (κ2) is 6.26. The van der Waals surface area contributed by atoms with E-state index in [1.54, 1.807) is 6.08 Å². The minimum Gasteiger partial charge on any atom is -0.390 e. The van der Waals surface area contributed by atoms with E-state index in [0.29, 0.717) is 6.42 Å². The van der Waals surface area contributed by atoms with Crippen LogP contribution in [0.25, 0.3) is 0 Å². The summed E-state index contributed by atoms with van der Waals surface area (Å²) in [4.78, 5) is 4.41. The van der Waals surface area contributed by atoms with Crippen molar-refractivity contribution in [2.24, 2.45) is 10.9 Å². The number of rotatable bonds is 5. The van der Waals surface area contributed by atoms with Gasteiger partial charge in [-0.3, -0.25) is 4.99 Å². The van der Waals surface area contributed by atoms with E-state index >= 15 is 0 Å². The molecule has 1 saturated heterocycles. The zero-order valence-corrected chi connectivity index (χ0v) is 12.6. The van der Waals surface area contributed by atoms with Gasteiger partial charge in [0.1, 0.15) is 29.8 Å². The highest BCUT2D eigenvalue weighted by Gasteiger charge is 2.50. The third-order valence-electron chi connectivity index (χ3n) is 4.13. The Kier molecular flexibility index (Phi) is 4.56. The van der Waals surface area contributed by atoms with Crippen molar-refractivity contribution in [3.05, 3.63) is 12.7 Å². The molecule has 7 heteroatoms. The molecule has 1 unspecified atom stereocenters. The molecule has 0 spiro atoms. The van der Waals surface area contributed by atoms with Gasteiger partial charge in [-0.15, -0.1) is 6.58 Å². The van der Waals surface area contributed by atoms with Crippen LogP contribution in [-0.2, 0) is 4.74 Å². The molecule has 2 aliphatic heterocycles. The van der Waals surface area contributed by atoms with Gasteiger partial charge in [0.25, 0.3) is 0 Å². The maximum absolute atomic E-state index is 10.2. The second-order valence-electron chi connectivity index (χ2n) is 5.91. The van der Waals surface area contributed by atoms with Crippen LogP contribution < -0.4 is 5.32 Å². The zero-order chi connectivity index (χ0) is 15.0. The number of hydrogen-bond acceptors (Lipinski definition) is 7. The van der Waals surface area contributed by atoms with Gasteiger partial charge in [-0.25, -0.2) is 0 Å². The van der Waals surface area contributed by atoms with Crippen molar-refractivity contribution in [3.63, 3.8) is 0 Å². The summed E-state index contributed by atoms with van der Waals surface area (Å²) in [6.45, 7) is 4.46. The number of thioether (sulfide) groups is 1. The van der Waals surface area contributed by atoms with Gasteiger partial charge in [0.2, 0.25) is 0 Å². The normalized spacial score (nSPS) is 40.3. The van der Waals surface area contributed by atoms with Gasteiger partial charge in [0.05, 0.1) is 6.10 Å². The Labute approximate surface area is 128 Å². The standard InChI is InChI=1S/C14H22N2O4S/c1-2-3-8(17)12-11(19)10(18)9-13(20-12)21-14(16-9)15-6-7-4-5-7/h2,7-13,17-19H,1,3-6H2,(H,15,16)/t8?,9-,10-,11+,12+,13-/m1/s1. The van der Waals surface area contributed by atoms with Crippen molar-refractivity contribution < 1.29 is 20.1 Å². The Morgan fingerprint density at radius 3 is 2.86 bits per heavy atom. The number of nitrogens with one attached hydrogen (secondary N) is 1. The first-order chi connectivity index (χ1) is 10.1. The highest BCUT2D eigenvalue weighted by molar-refractivity contribution is 8.14. The largest absolute Gasteiger partial charge is 0.390 e. The first kappa shape index (κ1) is 15.3. The molecular formula is C14H22N2O4S. The molecule has 0 aromatic carbocycles. The summed E-state index contributed by atoms with van der Waals surface area (Å²) < 4.78 is 5.76. The molecule has 4 N–H and O–H groups in total. The average molecular weight is 314 g/mol. The highest BCUT2D eigenvalue weighted by Crippen LogP contribution is 2.37. The van der Waals surface area contributed by atoms with E-state index in [1.165, 1.54) is 24.6 Å². The molecule has 0 aromatic heterocycles. The summed E-state index contributed by atoms with van der Waals surface area (Å²) in [7, 11) is 0. The Morgan fingerprint density at radius 1 is 1.43 bits per heavy atom. The second-order valence-corrected chi connectivity index (χ2v) is 7.00. The van der Waals surface area contributed by atoms with E-state index in [4.69, 9.17) is 4.74 Å². The van der Waals surface area contributed by atoms with Crippen LogP contribution in [-0.4, -0.2) is 62.9 Å². The Morgan fingerprint density at radius 2 is 2.19 bits per heavy atom. The number of nitrogens with zero attached hydrogens (tertiary/aromatic N) is 1. The van der Waals surface area contributed by atoms with Gasteiger partial charge in [-0.1, -0.05) is 17.8 Å². The molecule has 0 bridgehead atoms. The summed E-state index contributed by atoms with van der Waals surface area (Å²) in [5.74, 6) is 0.731. The fourth-order valence-corrected chi connectivity index (χ4v) is 3.76. The highest BCUT2D eigenvalue weighted by atomic mass is 32.2. The predicted molar refractivity (Wildman–Crippen MR) is 81.0 cm³/mol. The lowest BCUT2D eigenvalue weighted by atomic mass is 9.94. The minimum atomic E-state index is -1.15. The molecule has 6 atom stereocenters. The SMILES string of the molecule is C=CCC(O)[C@@H]1O[C@@H]2SC(NCC3CC3)=N[C@@H]2[C@@H](O)[C@@H]1O. The van der Waals surface area contributed by atoms with E-state index in [-0.39, 0.29) is 5.44 Å². The lowest BCUT2D eigenvalue weighted by Gasteiger charge is -2.40.